The van der Waals surface area contributed by atoms with Crippen molar-refractivity contribution in [1.82, 2.24) is 29.9 Å². The van der Waals surface area contributed by atoms with Crippen molar-refractivity contribution >= 4 is 17.7 Å². The molecule has 0 atom stereocenters. The molecule has 176 valence electrons. The van der Waals surface area contributed by atoms with Crippen molar-refractivity contribution in [3.63, 3.8) is 0 Å². The van der Waals surface area contributed by atoms with Crippen LogP contribution in [-0.2, 0) is 24.9 Å². The van der Waals surface area contributed by atoms with Crippen LogP contribution in [0.2, 0.25) is 0 Å². The number of carbonyl (C=O) groups excluding carboxylic acids is 1. The predicted molar refractivity (Wildman–Crippen MR) is 129 cm³/mol. The van der Waals surface area contributed by atoms with E-state index in [1.165, 1.54) is 23.9 Å². The molecular weight excluding hydrogens is 455 g/mol. The zero-order valence-electron chi connectivity index (χ0n) is 19.2. The minimum Gasteiger partial charge on any atom is -0.497 e. The highest BCUT2D eigenvalue weighted by atomic mass is 32.2. The molecule has 34 heavy (non-hydrogen) atoms. The summed E-state index contributed by atoms with van der Waals surface area (Å²) in [6, 6.07) is 13.8. The fourth-order valence-corrected chi connectivity index (χ4v) is 4.33. The molecule has 0 unspecified atom stereocenters. The van der Waals surface area contributed by atoms with Gasteiger partial charge in [-0.1, -0.05) is 36.0 Å². The van der Waals surface area contributed by atoms with Gasteiger partial charge in [-0.05, 0) is 36.8 Å². The number of methoxy groups -OCH3 is 1. The van der Waals surface area contributed by atoms with Gasteiger partial charge < -0.3 is 14.6 Å². The van der Waals surface area contributed by atoms with Gasteiger partial charge in [-0.25, -0.2) is 4.39 Å². The summed E-state index contributed by atoms with van der Waals surface area (Å²) in [7, 11) is 3.49. The number of hydrogen-bond donors (Lipinski definition) is 1. The number of benzene rings is 2. The molecule has 8 nitrogen and oxygen atoms in total. The van der Waals surface area contributed by atoms with Crippen LogP contribution in [-0.4, -0.2) is 43.3 Å². The van der Waals surface area contributed by atoms with E-state index in [0.717, 1.165) is 28.1 Å². The molecule has 4 rings (SSSR count). The number of thioether (sulfide) groups is 1. The van der Waals surface area contributed by atoms with Crippen LogP contribution in [0.25, 0.3) is 22.6 Å². The summed E-state index contributed by atoms with van der Waals surface area (Å²) in [5.74, 6) is 1.18. The molecule has 4 aromatic rings. The first-order valence-corrected chi connectivity index (χ1v) is 11.7. The van der Waals surface area contributed by atoms with E-state index >= 15 is 0 Å². The van der Waals surface area contributed by atoms with E-state index in [-0.39, 0.29) is 17.5 Å². The van der Waals surface area contributed by atoms with Crippen molar-refractivity contribution in [2.45, 2.75) is 25.2 Å². The number of carbonyl (C=O) groups is 1. The highest BCUT2D eigenvalue weighted by molar-refractivity contribution is 7.99. The van der Waals surface area contributed by atoms with Crippen molar-refractivity contribution in [2.75, 3.05) is 12.9 Å². The number of aryl methyl sites for hydroxylation is 1. The van der Waals surface area contributed by atoms with E-state index < -0.39 is 0 Å². The number of aromatic nitrogens is 5. The van der Waals surface area contributed by atoms with Gasteiger partial charge in [-0.3, -0.25) is 9.48 Å². The van der Waals surface area contributed by atoms with Gasteiger partial charge in [-0.15, -0.1) is 10.2 Å². The molecule has 0 saturated carbocycles. The third-order valence-corrected chi connectivity index (χ3v) is 6.15. The van der Waals surface area contributed by atoms with Crippen LogP contribution >= 0.6 is 11.8 Å². The zero-order valence-corrected chi connectivity index (χ0v) is 20.0. The van der Waals surface area contributed by atoms with Gasteiger partial charge in [0.25, 0.3) is 0 Å². The van der Waals surface area contributed by atoms with Crippen molar-refractivity contribution in [3.05, 3.63) is 66.1 Å². The maximum absolute atomic E-state index is 13.0. The molecule has 0 aliphatic heterocycles. The van der Waals surface area contributed by atoms with Crippen LogP contribution < -0.4 is 10.1 Å². The lowest BCUT2D eigenvalue weighted by Crippen LogP contribution is -2.24. The van der Waals surface area contributed by atoms with Crippen molar-refractivity contribution in [2.24, 2.45) is 7.05 Å². The Morgan fingerprint density at radius 2 is 1.97 bits per heavy atom. The number of rotatable bonds is 9. The van der Waals surface area contributed by atoms with E-state index in [1.807, 2.05) is 49.0 Å². The summed E-state index contributed by atoms with van der Waals surface area (Å²) in [4.78, 5) is 12.3. The van der Waals surface area contributed by atoms with Crippen LogP contribution in [0.15, 0.2) is 59.9 Å². The van der Waals surface area contributed by atoms with E-state index in [0.29, 0.717) is 24.1 Å². The molecule has 0 fully saturated rings. The van der Waals surface area contributed by atoms with Gasteiger partial charge in [0, 0.05) is 31.9 Å². The summed E-state index contributed by atoms with van der Waals surface area (Å²) in [6.07, 6.45) is 1.91. The molecule has 10 heteroatoms. The maximum Gasteiger partial charge on any atom is 0.230 e. The topological polar surface area (TPSA) is 86.9 Å². The number of nitrogens with one attached hydrogen (secondary N) is 1. The Labute approximate surface area is 201 Å². The van der Waals surface area contributed by atoms with Gasteiger partial charge >= 0.3 is 0 Å². The SMILES string of the molecule is CCn1c(SCC(=O)NCc2ccc(F)cc2)nnc1-c1cn(C)nc1-c1cccc(OC)c1. The molecule has 2 aromatic carbocycles. The number of ether oxygens (including phenoxy) is 1. The number of amides is 1. The second kappa shape index (κ2) is 10.5. The molecule has 0 spiro atoms. The Morgan fingerprint density at radius 1 is 1.18 bits per heavy atom. The Morgan fingerprint density at radius 3 is 2.71 bits per heavy atom. The van der Waals surface area contributed by atoms with Crippen LogP contribution in [0, 0.1) is 5.82 Å². The van der Waals surface area contributed by atoms with Crippen molar-refractivity contribution in [1.29, 1.82) is 0 Å². The quantitative estimate of drug-likeness (QED) is 0.366. The molecule has 0 aliphatic rings. The number of hydrogen-bond acceptors (Lipinski definition) is 6. The molecule has 0 bridgehead atoms. The largest absolute Gasteiger partial charge is 0.497 e. The lowest BCUT2D eigenvalue weighted by atomic mass is 10.1. The molecule has 1 amide bonds. The molecule has 0 saturated heterocycles. The van der Waals surface area contributed by atoms with E-state index in [9.17, 15) is 9.18 Å². The third-order valence-electron chi connectivity index (χ3n) is 5.18. The zero-order chi connectivity index (χ0) is 24.1. The lowest BCUT2D eigenvalue weighted by molar-refractivity contribution is -0.118. The summed E-state index contributed by atoms with van der Waals surface area (Å²) in [5, 5.41) is 16.9. The first-order valence-electron chi connectivity index (χ1n) is 10.7. The Hall–Kier alpha value is -3.66. The third kappa shape index (κ3) is 5.28. The minimum absolute atomic E-state index is 0.139. The number of nitrogens with zero attached hydrogens (tertiary/aromatic N) is 5. The second-order valence-electron chi connectivity index (χ2n) is 7.54. The first-order chi connectivity index (χ1) is 16.5. The average molecular weight is 481 g/mol. The Balaban J connectivity index is 1.50. The Kier molecular flexibility index (Phi) is 7.27. The monoisotopic (exact) mass is 480 g/mol. The van der Waals surface area contributed by atoms with Gasteiger partial charge in [0.1, 0.15) is 17.3 Å². The molecule has 0 radical (unpaired) electrons. The molecule has 1 N–H and O–H groups in total. The highest BCUT2D eigenvalue weighted by Gasteiger charge is 2.20. The molecule has 0 aliphatic carbocycles. The van der Waals surface area contributed by atoms with Crippen molar-refractivity contribution < 1.29 is 13.9 Å². The van der Waals surface area contributed by atoms with Crippen LogP contribution in [0.1, 0.15) is 12.5 Å². The van der Waals surface area contributed by atoms with E-state index in [4.69, 9.17) is 4.74 Å². The molecule has 2 aromatic heterocycles. The second-order valence-corrected chi connectivity index (χ2v) is 8.48. The predicted octanol–water partition coefficient (Wildman–Crippen LogP) is 3.92. The van der Waals surface area contributed by atoms with Crippen LogP contribution in [0.4, 0.5) is 4.39 Å². The fraction of sp³-hybridized carbons (Fsp3) is 0.250. The van der Waals surface area contributed by atoms with E-state index in [1.54, 1.807) is 23.9 Å². The van der Waals surface area contributed by atoms with Crippen molar-refractivity contribution in [3.8, 4) is 28.4 Å². The molecular formula is C24H25FN6O2S. The normalized spacial score (nSPS) is 10.9. The van der Waals surface area contributed by atoms with Gasteiger partial charge in [0.15, 0.2) is 11.0 Å². The maximum atomic E-state index is 13.0. The fourth-order valence-electron chi connectivity index (χ4n) is 3.50. The average Bonchev–Trinajstić information content (AvgIpc) is 3.45. The highest BCUT2D eigenvalue weighted by Crippen LogP contribution is 2.33. The smallest absolute Gasteiger partial charge is 0.230 e. The Bertz CT molecular complexity index is 1290. The standard InChI is InChI=1S/C24H25FN6O2S/c1-4-31-23(20-14-30(2)29-22(20)17-6-5-7-19(12-17)33-3)27-28-24(31)34-15-21(32)26-13-16-8-10-18(25)11-9-16/h5-12,14H,4,13,15H2,1-3H3,(H,26,32). The van der Waals surface area contributed by atoms with Gasteiger partial charge in [0.2, 0.25) is 5.91 Å². The van der Waals surface area contributed by atoms with Crippen LogP contribution in [0.3, 0.4) is 0 Å². The number of halogens is 1. The molecule has 2 heterocycles. The summed E-state index contributed by atoms with van der Waals surface area (Å²) >= 11 is 1.32. The summed E-state index contributed by atoms with van der Waals surface area (Å²) < 4.78 is 22.1. The summed E-state index contributed by atoms with van der Waals surface area (Å²) in [6.45, 7) is 2.98. The minimum atomic E-state index is -0.302. The summed E-state index contributed by atoms with van der Waals surface area (Å²) in [5.41, 5.74) is 3.37. The first kappa shape index (κ1) is 23.5. The lowest BCUT2D eigenvalue weighted by Gasteiger charge is -2.08. The van der Waals surface area contributed by atoms with E-state index in [2.05, 4.69) is 20.6 Å². The van der Waals surface area contributed by atoms with Gasteiger partial charge in [-0.2, -0.15) is 5.10 Å². The van der Waals surface area contributed by atoms with Gasteiger partial charge in [0.05, 0.1) is 18.4 Å². The van der Waals surface area contributed by atoms with Crippen LogP contribution in [0.5, 0.6) is 5.75 Å².